The van der Waals surface area contributed by atoms with Crippen molar-refractivity contribution in [3.8, 4) is 23.0 Å². The van der Waals surface area contributed by atoms with Gasteiger partial charge in [-0.2, -0.15) is 0 Å². The summed E-state index contributed by atoms with van der Waals surface area (Å²) in [6.45, 7) is 5.18. The SMILES string of the molecule is COc1ccccc1OC(C)C(=O)N1CCN(C(=O)C(C)Oc2ccccc2OC)CC1. The molecule has 1 fully saturated rings. The molecule has 0 N–H and O–H groups in total. The Bertz CT molecular complexity index is 851. The summed E-state index contributed by atoms with van der Waals surface area (Å²) in [6, 6.07) is 14.4. The maximum Gasteiger partial charge on any atom is 0.263 e. The zero-order chi connectivity index (χ0) is 23.1. The molecular weight excluding hydrogens is 412 g/mol. The number of hydrogen-bond donors (Lipinski definition) is 0. The fourth-order valence-electron chi connectivity index (χ4n) is 3.58. The van der Waals surface area contributed by atoms with Gasteiger partial charge in [0, 0.05) is 26.2 Å². The van der Waals surface area contributed by atoms with Gasteiger partial charge in [0.2, 0.25) is 0 Å². The molecule has 3 rings (SSSR count). The highest BCUT2D eigenvalue weighted by Crippen LogP contribution is 2.28. The molecule has 2 unspecified atom stereocenters. The third kappa shape index (κ3) is 5.43. The van der Waals surface area contributed by atoms with Gasteiger partial charge in [-0.1, -0.05) is 24.3 Å². The number of ether oxygens (including phenoxy) is 4. The highest BCUT2D eigenvalue weighted by molar-refractivity contribution is 5.83. The van der Waals surface area contributed by atoms with Crippen LogP contribution in [0, 0.1) is 0 Å². The fraction of sp³-hybridized carbons (Fsp3) is 0.417. The Kier molecular flexibility index (Phi) is 7.81. The van der Waals surface area contributed by atoms with Crippen LogP contribution in [0.1, 0.15) is 13.8 Å². The summed E-state index contributed by atoms with van der Waals surface area (Å²) in [4.78, 5) is 29.1. The van der Waals surface area contributed by atoms with E-state index in [1.54, 1.807) is 62.1 Å². The molecule has 172 valence electrons. The highest BCUT2D eigenvalue weighted by atomic mass is 16.5. The van der Waals surface area contributed by atoms with Gasteiger partial charge in [-0.3, -0.25) is 9.59 Å². The van der Waals surface area contributed by atoms with Gasteiger partial charge in [-0.05, 0) is 38.1 Å². The quantitative estimate of drug-likeness (QED) is 0.626. The molecule has 1 heterocycles. The van der Waals surface area contributed by atoms with Gasteiger partial charge in [0.15, 0.2) is 35.2 Å². The van der Waals surface area contributed by atoms with E-state index in [0.717, 1.165) is 0 Å². The maximum absolute atomic E-state index is 12.8. The van der Waals surface area contributed by atoms with Crippen molar-refractivity contribution in [2.45, 2.75) is 26.1 Å². The monoisotopic (exact) mass is 442 g/mol. The Morgan fingerprint density at radius 2 is 0.969 bits per heavy atom. The van der Waals surface area contributed by atoms with E-state index in [1.165, 1.54) is 0 Å². The van der Waals surface area contributed by atoms with Crippen LogP contribution in [0.5, 0.6) is 23.0 Å². The predicted octanol–water partition coefficient (Wildman–Crippen LogP) is 2.61. The first kappa shape index (κ1) is 23.2. The largest absolute Gasteiger partial charge is 0.493 e. The molecule has 1 saturated heterocycles. The molecule has 1 aliphatic rings. The normalized spacial score (nSPS) is 15.5. The van der Waals surface area contributed by atoms with Crippen molar-refractivity contribution in [3.63, 3.8) is 0 Å². The molecule has 0 spiro atoms. The Hall–Kier alpha value is -3.42. The van der Waals surface area contributed by atoms with Crippen molar-refractivity contribution in [3.05, 3.63) is 48.5 Å². The predicted molar refractivity (Wildman–Crippen MR) is 119 cm³/mol. The van der Waals surface area contributed by atoms with Gasteiger partial charge in [-0.15, -0.1) is 0 Å². The van der Waals surface area contributed by atoms with E-state index < -0.39 is 12.2 Å². The maximum atomic E-state index is 12.8. The minimum Gasteiger partial charge on any atom is -0.493 e. The molecule has 2 aromatic rings. The van der Waals surface area contributed by atoms with E-state index in [2.05, 4.69) is 0 Å². The van der Waals surface area contributed by atoms with Crippen molar-refractivity contribution < 1.29 is 28.5 Å². The minimum absolute atomic E-state index is 0.124. The summed E-state index contributed by atoms with van der Waals surface area (Å²) in [7, 11) is 3.12. The lowest BCUT2D eigenvalue weighted by Crippen LogP contribution is -2.55. The number of carbonyl (C=O) groups is 2. The molecule has 2 amide bonds. The number of rotatable bonds is 8. The average Bonchev–Trinajstić information content (AvgIpc) is 2.83. The van der Waals surface area contributed by atoms with Crippen LogP contribution in [0.3, 0.4) is 0 Å². The van der Waals surface area contributed by atoms with E-state index in [0.29, 0.717) is 49.2 Å². The van der Waals surface area contributed by atoms with Gasteiger partial charge in [0.25, 0.3) is 11.8 Å². The molecule has 8 nitrogen and oxygen atoms in total. The zero-order valence-electron chi connectivity index (χ0n) is 18.9. The third-order valence-electron chi connectivity index (χ3n) is 5.34. The molecular formula is C24H30N2O6. The lowest BCUT2D eigenvalue weighted by Gasteiger charge is -2.36. The number of para-hydroxylation sites is 4. The second-order valence-corrected chi connectivity index (χ2v) is 7.47. The van der Waals surface area contributed by atoms with Crippen LogP contribution in [0.4, 0.5) is 0 Å². The van der Waals surface area contributed by atoms with Gasteiger partial charge >= 0.3 is 0 Å². The van der Waals surface area contributed by atoms with Crippen LogP contribution in [0.25, 0.3) is 0 Å². The molecule has 0 saturated carbocycles. The summed E-state index contributed by atoms with van der Waals surface area (Å²) in [5.74, 6) is 1.94. The Labute approximate surface area is 188 Å². The van der Waals surface area contributed by atoms with Crippen LogP contribution < -0.4 is 18.9 Å². The molecule has 32 heavy (non-hydrogen) atoms. The number of nitrogens with zero attached hydrogens (tertiary/aromatic N) is 2. The van der Waals surface area contributed by atoms with Crippen molar-refractivity contribution in [2.75, 3.05) is 40.4 Å². The van der Waals surface area contributed by atoms with E-state index in [-0.39, 0.29) is 11.8 Å². The summed E-state index contributed by atoms with van der Waals surface area (Å²) >= 11 is 0. The standard InChI is InChI=1S/C24H30N2O6/c1-17(31-21-11-7-5-9-19(21)29-3)23(27)25-13-15-26(16-14-25)24(28)18(2)32-22-12-8-6-10-20(22)30-4/h5-12,17-18H,13-16H2,1-4H3. The van der Waals surface area contributed by atoms with Gasteiger partial charge in [-0.25, -0.2) is 0 Å². The van der Waals surface area contributed by atoms with Crippen LogP contribution >= 0.6 is 0 Å². The topological polar surface area (TPSA) is 77.5 Å². The number of methoxy groups -OCH3 is 2. The number of hydrogen-bond acceptors (Lipinski definition) is 6. The first-order valence-electron chi connectivity index (χ1n) is 10.6. The summed E-state index contributed by atoms with van der Waals surface area (Å²) in [5.41, 5.74) is 0. The van der Waals surface area contributed by atoms with Gasteiger partial charge < -0.3 is 28.7 Å². The Morgan fingerprint density at radius 3 is 1.28 bits per heavy atom. The summed E-state index contributed by atoms with van der Waals surface area (Å²) < 4.78 is 22.2. The minimum atomic E-state index is -0.665. The van der Waals surface area contributed by atoms with Gasteiger partial charge in [0.05, 0.1) is 14.2 Å². The molecule has 2 atom stereocenters. The van der Waals surface area contributed by atoms with E-state index in [1.807, 2.05) is 24.3 Å². The molecule has 0 bridgehead atoms. The molecule has 0 radical (unpaired) electrons. The van der Waals surface area contributed by atoms with E-state index >= 15 is 0 Å². The van der Waals surface area contributed by atoms with Gasteiger partial charge in [0.1, 0.15) is 0 Å². The van der Waals surface area contributed by atoms with E-state index in [9.17, 15) is 9.59 Å². The number of carbonyl (C=O) groups excluding carboxylic acids is 2. The number of amides is 2. The number of piperazine rings is 1. The smallest absolute Gasteiger partial charge is 0.263 e. The second-order valence-electron chi connectivity index (χ2n) is 7.47. The molecule has 0 aliphatic carbocycles. The fourth-order valence-corrected chi connectivity index (χ4v) is 3.58. The second kappa shape index (κ2) is 10.7. The zero-order valence-corrected chi connectivity index (χ0v) is 18.9. The summed E-state index contributed by atoms with van der Waals surface area (Å²) in [5, 5.41) is 0. The first-order chi connectivity index (χ1) is 15.4. The van der Waals surface area contributed by atoms with Crippen molar-refractivity contribution in [1.82, 2.24) is 9.80 Å². The van der Waals surface area contributed by atoms with Crippen molar-refractivity contribution in [1.29, 1.82) is 0 Å². The molecule has 1 aliphatic heterocycles. The van der Waals surface area contributed by atoms with Crippen molar-refractivity contribution in [2.24, 2.45) is 0 Å². The molecule has 8 heteroatoms. The average molecular weight is 443 g/mol. The first-order valence-corrected chi connectivity index (χ1v) is 10.6. The Balaban J connectivity index is 1.52. The number of benzene rings is 2. The molecule has 2 aromatic carbocycles. The van der Waals surface area contributed by atoms with Crippen LogP contribution in [-0.4, -0.2) is 74.2 Å². The molecule has 0 aromatic heterocycles. The van der Waals surface area contributed by atoms with Crippen LogP contribution in [-0.2, 0) is 9.59 Å². The van der Waals surface area contributed by atoms with Crippen LogP contribution in [0.2, 0.25) is 0 Å². The lowest BCUT2D eigenvalue weighted by molar-refractivity contribution is -0.146. The highest BCUT2D eigenvalue weighted by Gasteiger charge is 2.30. The van der Waals surface area contributed by atoms with Crippen molar-refractivity contribution >= 4 is 11.8 Å². The lowest BCUT2D eigenvalue weighted by atomic mass is 10.2. The summed E-state index contributed by atoms with van der Waals surface area (Å²) in [6.07, 6.45) is -1.33. The Morgan fingerprint density at radius 1 is 0.656 bits per heavy atom. The third-order valence-corrected chi connectivity index (χ3v) is 5.34. The van der Waals surface area contributed by atoms with E-state index in [4.69, 9.17) is 18.9 Å². The van der Waals surface area contributed by atoms with Crippen LogP contribution in [0.15, 0.2) is 48.5 Å².